The summed E-state index contributed by atoms with van der Waals surface area (Å²) < 4.78 is 5.20. The van der Waals surface area contributed by atoms with Crippen LogP contribution in [0.2, 0.25) is 0 Å². The summed E-state index contributed by atoms with van der Waals surface area (Å²) in [4.78, 5) is 33.5. The molecule has 1 heterocycles. The highest BCUT2D eigenvalue weighted by atomic mass is 16.5. The van der Waals surface area contributed by atoms with Gasteiger partial charge in [-0.25, -0.2) is 0 Å². The number of hydrogen-bond acceptors (Lipinski definition) is 4. The van der Waals surface area contributed by atoms with Crippen LogP contribution in [0.25, 0.3) is 0 Å². The maximum Gasteiger partial charge on any atom is 0.325 e. The van der Waals surface area contributed by atoms with Crippen molar-refractivity contribution in [1.82, 2.24) is 5.32 Å². The minimum absolute atomic E-state index is 0.0248. The maximum atomic E-state index is 11.7. The van der Waals surface area contributed by atoms with E-state index in [1.54, 1.807) is 18.2 Å². The normalized spacial score (nSPS) is 14.6. The Labute approximate surface area is 114 Å². The van der Waals surface area contributed by atoms with E-state index in [2.05, 4.69) is 10.6 Å². The number of carbonyl (C=O) groups excluding carboxylic acids is 2. The molecule has 0 saturated carbocycles. The summed E-state index contributed by atoms with van der Waals surface area (Å²) in [5.74, 6) is -1.20. The molecule has 0 aromatic heterocycles. The summed E-state index contributed by atoms with van der Waals surface area (Å²) in [5, 5.41) is 13.7. The number of aliphatic carboxylic acids is 1. The number of anilines is 1. The van der Waals surface area contributed by atoms with Gasteiger partial charge >= 0.3 is 5.97 Å². The molecule has 0 bridgehead atoms. The van der Waals surface area contributed by atoms with Crippen LogP contribution in [-0.4, -0.2) is 35.5 Å². The zero-order chi connectivity index (χ0) is 14.7. The molecule has 7 heteroatoms. The number of fused-ring (bicyclic) bond motifs is 1. The van der Waals surface area contributed by atoms with Gasteiger partial charge in [0.05, 0.1) is 12.1 Å². The van der Waals surface area contributed by atoms with Crippen LogP contribution < -0.4 is 15.4 Å². The molecule has 1 aromatic carbocycles. The van der Waals surface area contributed by atoms with Crippen LogP contribution in [0.15, 0.2) is 18.2 Å². The molecule has 1 atom stereocenters. The second-order valence-corrected chi connectivity index (χ2v) is 4.47. The summed E-state index contributed by atoms with van der Waals surface area (Å²) >= 11 is 0. The summed E-state index contributed by atoms with van der Waals surface area (Å²) in [5.41, 5.74) is 1.17. The molecule has 1 unspecified atom stereocenters. The Bertz CT molecular complexity index is 570. The highest BCUT2D eigenvalue weighted by Gasteiger charge is 2.18. The van der Waals surface area contributed by atoms with Crippen LogP contribution in [-0.2, 0) is 20.8 Å². The molecule has 1 aromatic rings. The van der Waals surface area contributed by atoms with Crippen LogP contribution in [0.3, 0.4) is 0 Å². The van der Waals surface area contributed by atoms with Gasteiger partial charge in [0.15, 0.2) is 6.61 Å². The third-order valence-electron chi connectivity index (χ3n) is 2.79. The number of benzene rings is 1. The van der Waals surface area contributed by atoms with Crippen LogP contribution in [0.1, 0.15) is 12.5 Å². The van der Waals surface area contributed by atoms with Crippen molar-refractivity contribution >= 4 is 23.5 Å². The Morgan fingerprint density at radius 3 is 2.95 bits per heavy atom. The van der Waals surface area contributed by atoms with Crippen molar-refractivity contribution in [2.75, 3.05) is 11.9 Å². The molecule has 0 saturated heterocycles. The molecule has 20 heavy (non-hydrogen) atoms. The third-order valence-corrected chi connectivity index (χ3v) is 2.79. The number of carbonyl (C=O) groups is 3. The quantitative estimate of drug-likeness (QED) is 0.727. The topological polar surface area (TPSA) is 105 Å². The van der Waals surface area contributed by atoms with Crippen LogP contribution in [0.4, 0.5) is 5.69 Å². The first-order chi connectivity index (χ1) is 9.45. The minimum atomic E-state index is -1.09. The zero-order valence-electron chi connectivity index (χ0n) is 10.8. The molecule has 106 valence electrons. The summed E-state index contributed by atoms with van der Waals surface area (Å²) in [6.45, 7) is 1.37. The maximum absolute atomic E-state index is 11.7. The molecule has 1 aliphatic heterocycles. The van der Waals surface area contributed by atoms with Gasteiger partial charge in [-0.05, 0) is 24.6 Å². The monoisotopic (exact) mass is 278 g/mol. The average molecular weight is 278 g/mol. The SMILES string of the molecule is CC(NC(=O)Cc1ccc2c(c1)NC(=O)CO2)C(=O)O. The van der Waals surface area contributed by atoms with Gasteiger partial charge < -0.3 is 20.5 Å². The number of carboxylic acid groups (broad SMARTS) is 1. The number of amides is 2. The van der Waals surface area contributed by atoms with Crippen molar-refractivity contribution in [3.05, 3.63) is 23.8 Å². The van der Waals surface area contributed by atoms with Gasteiger partial charge in [0.2, 0.25) is 5.91 Å². The van der Waals surface area contributed by atoms with E-state index in [9.17, 15) is 14.4 Å². The van der Waals surface area contributed by atoms with Crippen molar-refractivity contribution in [2.24, 2.45) is 0 Å². The third kappa shape index (κ3) is 3.25. The lowest BCUT2D eigenvalue weighted by molar-refractivity contribution is -0.141. The number of carboxylic acids is 1. The van der Waals surface area contributed by atoms with Gasteiger partial charge in [-0.15, -0.1) is 0 Å². The lowest BCUT2D eigenvalue weighted by atomic mass is 10.1. The minimum Gasteiger partial charge on any atom is -0.482 e. The zero-order valence-corrected chi connectivity index (χ0v) is 10.8. The molecule has 1 aliphatic rings. The van der Waals surface area contributed by atoms with E-state index in [1.807, 2.05) is 0 Å². The summed E-state index contributed by atoms with van der Waals surface area (Å²) in [7, 11) is 0. The lowest BCUT2D eigenvalue weighted by Gasteiger charge is -2.18. The molecule has 0 spiro atoms. The molecule has 3 N–H and O–H groups in total. The molecule has 2 rings (SSSR count). The highest BCUT2D eigenvalue weighted by molar-refractivity contribution is 5.95. The summed E-state index contributed by atoms with van der Waals surface area (Å²) in [6, 6.07) is 4.06. The number of rotatable bonds is 4. The fourth-order valence-electron chi connectivity index (χ4n) is 1.78. The van der Waals surface area contributed by atoms with Gasteiger partial charge in [-0.3, -0.25) is 14.4 Å². The van der Waals surface area contributed by atoms with Crippen molar-refractivity contribution in [3.8, 4) is 5.75 Å². The van der Waals surface area contributed by atoms with Gasteiger partial charge in [-0.2, -0.15) is 0 Å². The predicted molar refractivity (Wildman–Crippen MR) is 69.5 cm³/mol. The molecule has 0 aliphatic carbocycles. The Morgan fingerprint density at radius 1 is 1.50 bits per heavy atom. The Morgan fingerprint density at radius 2 is 2.25 bits per heavy atom. The van der Waals surface area contributed by atoms with Gasteiger partial charge in [0.1, 0.15) is 11.8 Å². The highest BCUT2D eigenvalue weighted by Crippen LogP contribution is 2.28. The van der Waals surface area contributed by atoms with Crippen LogP contribution >= 0.6 is 0 Å². The second-order valence-electron chi connectivity index (χ2n) is 4.47. The first-order valence-electron chi connectivity index (χ1n) is 6.03. The van der Waals surface area contributed by atoms with E-state index in [1.165, 1.54) is 6.92 Å². The van der Waals surface area contributed by atoms with E-state index in [4.69, 9.17) is 9.84 Å². The number of hydrogen-bond donors (Lipinski definition) is 3. The van der Waals surface area contributed by atoms with E-state index in [0.717, 1.165) is 0 Å². The van der Waals surface area contributed by atoms with E-state index < -0.39 is 17.9 Å². The average Bonchev–Trinajstić information content (AvgIpc) is 2.37. The van der Waals surface area contributed by atoms with Crippen LogP contribution in [0, 0.1) is 0 Å². The fraction of sp³-hybridized carbons (Fsp3) is 0.308. The van der Waals surface area contributed by atoms with Gasteiger partial charge in [-0.1, -0.05) is 6.07 Å². The van der Waals surface area contributed by atoms with E-state index in [-0.39, 0.29) is 18.9 Å². The molecule has 0 radical (unpaired) electrons. The van der Waals surface area contributed by atoms with Crippen molar-refractivity contribution in [1.29, 1.82) is 0 Å². The Kier molecular flexibility index (Phi) is 3.88. The number of ether oxygens (including phenoxy) is 1. The molecular weight excluding hydrogens is 264 g/mol. The van der Waals surface area contributed by atoms with Crippen LogP contribution in [0.5, 0.6) is 5.75 Å². The molecule has 2 amide bonds. The van der Waals surface area contributed by atoms with Crippen molar-refractivity contribution in [3.63, 3.8) is 0 Å². The van der Waals surface area contributed by atoms with Crippen molar-refractivity contribution in [2.45, 2.75) is 19.4 Å². The second kappa shape index (κ2) is 5.60. The predicted octanol–water partition coefficient (Wildman–Crippen LogP) is 0.149. The molecule has 0 fully saturated rings. The number of nitrogens with one attached hydrogen (secondary N) is 2. The lowest BCUT2D eigenvalue weighted by Crippen LogP contribution is -2.39. The molecule has 7 nitrogen and oxygen atoms in total. The Balaban J connectivity index is 2.03. The van der Waals surface area contributed by atoms with Gasteiger partial charge in [0.25, 0.3) is 5.91 Å². The van der Waals surface area contributed by atoms with Gasteiger partial charge in [0, 0.05) is 0 Å². The fourth-order valence-corrected chi connectivity index (χ4v) is 1.78. The Hall–Kier alpha value is -2.57. The first-order valence-corrected chi connectivity index (χ1v) is 6.03. The van der Waals surface area contributed by atoms with E-state index >= 15 is 0 Å². The van der Waals surface area contributed by atoms with Crippen molar-refractivity contribution < 1.29 is 24.2 Å². The largest absolute Gasteiger partial charge is 0.482 e. The van der Waals surface area contributed by atoms with E-state index in [0.29, 0.717) is 17.0 Å². The summed E-state index contributed by atoms with van der Waals surface area (Å²) in [6.07, 6.45) is 0.0285. The first kappa shape index (κ1) is 13.9. The smallest absolute Gasteiger partial charge is 0.325 e. The standard InChI is InChI=1S/C13H14N2O5/c1-7(13(18)19)14-11(16)5-8-2-3-10-9(4-8)15-12(17)6-20-10/h2-4,7H,5-6H2,1H3,(H,14,16)(H,15,17)(H,18,19). The molecular formula is C13H14N2O5.